The molecule has 1 N–H and O–H groups in total. The number of carbonyl (C=O) groups is 1. The van der Waals surface area contributed by atoms with E-state index < -0.39 is 34.3 Å². The number of phenols is 1. The molecule has 218 valence electrons. The average Bonchev–Trinajstić information content (AvgIpc) is 2.93. The molecule has 2 aromatic heterocycles. The molecule has 0 spiro atoms. The number of rotatable bonds is 6. The maximum atomic E-state index is 15.9. The van der Waals surface area contributed by atoms with Gasteiger partial charge in [0.2, 0.25) is 5.91 Å². The van der Waals surface area contributed by atoms with E-state index in [4.69, 9.17) is 0 Å². The fraction of sp³-hybridized carbons (Fsp3) is 0.312. The highest BCUT2D eigenvalue weighted by molar-refractivity contribution is 5.91. The first-order valence-electron chi connectivity index (χ1n) is 13.9. The van der Waals surface area contributed by atoms with Crippen molar-refractivity contribution in [2.75, 3.05) is 24.5 Å². The second-order valence-electron chi connectivity index (χ2n) is 11.1. The summed E-state index contributed by atoms with van der Waals surface area (Å²) in [7, 11) is 0. The zero-order valence-electron chi connectivity index (χ0n) is 24.1. The van der Waals surface area contributed by atoms with Gasteiger partial charge in [0.1, 0.15) is 23.1 Å². The maximum Gasteiger partial charge on any atom is 0.355 e. The summed E-state index contributed by atoms with van der Waals surface area (Å²) in [5.41, 5.74) is 0.893. The Morgan fingerprint density at radius 3 is 2.55 bits per heavy atom. The Labute approximate surface area is 242 Å². The summed E-state index contributed by atoms with van der Waals surface area (Å²) in [6.07, 6.45) is 1.91. The lowest BCUT2D eigenvalue weighted by atomic mass is 9.98. The van der Waals surface area contributed by atoms with Crippen LogP contribution in [0.1, 0.15) is 31.9 Å². The first-order valence-corrected chi connectivity index (χ1v) is 13.9. The van der Waals surface area contributed by atoms with Gasteiger partial charge in [-0.3, -0.25) is 4.79 Å². The van der Waals surface area contributed by atoms with Crippen molar-refractivity contribution < 1.29 is 18.7 Å². The minimum Gasteiger partial charge on any atom is -0.507 e. The van der Waals surface area contributed by atoms with Crippen LogP contribution in [0.3, 0.4) is 0 Å². The van der Waals surface area contributed by atoms with Crippen LogP contribution in [-0.2, 0) is 11.2 Å². The number of pyridine rings is 1. The Bertz CT molecular complexity index is 1750. The van der Waals surface area contributed by atoms with Gasteiger partial charge in [0.15, 0.2) is 11.5 Å². The van der Waals surface area contributed by atoms with E-state index in [9.17, 15) is 19.1 Å². The lowest BCUT2D eigenvalue weighted by molar-refractivity contribution is -0.126. The van der Waals surface area contributed by atoms with Crippen LogP contribution >= 0.6 is 0 Å². The van der Waals surface area contributed by atoms with E-state index >= 15 is 4.39 Å². The van der Waals surface area contributed by atoms with Crippen LogP contribution in [0.4, 0.5) is 14.6 Å². The number of carbonyl (C=O) groups excluding carboxylic acids is 1. The number of hydrogen-bond acceptors (Lipinski definition) is 6. The maximum absolute atomic E-state index is 15.9. The van der Waals surface area contributed by atoms with Crippen LogP contribution in [0.15, 0.2) is 59.9 Å². The third kappa shape index (κ3) is 5.13. The average molecular weight is 574 g/mol. The van der Waals surface area contributed by atoms with E-state index in [2.05, 4.69) is 30.4 Å². The number of aromatic hydroxyl groups is 1. The Kier molecular flexibility index (Phi) is 7.81. The number of nitrogens with zero attached hydrogens (tertiary/aromatic N) is 5. The zero-order chi connectivity index (χ0) is 30.3. The van der Waals surface area contributed by atoms with Crippen molar-refractivity contribution >= 4 is 22.8 Å². The summed E-state index contributed by atoms with van der Waals surface area (Å²) in [5, 5.41) is 10.7. The monoisotopic (exact) mass is 573 g/mol. The van der Waals surface area contributed by atoms with Gasteiger partial charge in [-0.1, -0.05) is 44.7 Å². The molecule has 1 aliphatic heterocycles. The highest BCUT2D eigenvalue weighted by Crippen LogP contribution is 2.36. The van der Waals surface area contributed by atoms with Crippen LogP contribution < -0.4 is 10.6 Å². The Balaban J connectivity index is 1.82. The fourth-order valence-corrected chi connectivity index (χ4v) is 5.69. The van der Waals surface area contributed by atoms with Crippen LogP contribution in [0.2, 0.25) is 0 Å². The van der Waals surface area contributed by atoms with Gasteiger partial charge in [0, 0.05) is 25.7 Å². The van der Waals surface area contributed by atoms with Crippen molar-refractivity contribution in [3.8, 4) is 22.7 Å². The van der Waals surface area contributed by atoms with E-state index in [1.807, 2.05) is 36.9 Å². The molecule has 10 heteroatoms. The summed E-state index contributed by atoms with van der Waals surface area (Å²) in [6.45, 7) is 12.5. The Morgan fingerprint density at radius 1 is 1.14 bits per heavy atom. The first kappa shape index (κ1) is 28.9. The molecule has 4 aromatic rings. The number of phenolic OH excluding ortho intramolecular Hbond substituents is 1. The number of piperazine rings is 1. The predicted molar refractivity (Wildman–Crippen MR) is 159 cm³/mol. The number of hydrogen-bond donors (Lipinski definition) is 1. The topological polar surface area (TPSA) is 91.6 Å². The number of para-hydroxylation sites is 1. The van der Waals surface area contributed by atoms with Crippen molar-refractivity contribution in [3.63, 3.8) is 0 Å². The summed E-state index contributed by atoms with van der Waals surface area (Å²) in [5.74, 6) is -1.91. The van der Waals surface area contributed by atoms with Gasteiger partial charge >= 0.3 is 5.69 Å². The Hall–Kier alpha value is -4.60. The summed E-state index contributed by atoms with van der Waals surface area (Å²) in [4.78, 5) is 38.7. The van der Waals surface area contributed by atoms with E-state index in [1.54, 1.807) is 4.90 Å². The minimum atomic E-state index is -0.878. The van der Waals surface area contributed by atoms with Crippen molar-refractivity contribution in [2.45, 2.75) is 40.2 Å². The number of halogens is 2. The highest BCUT2D eigenvalue weighted by Gasteiger charge is 2.30. The minimum absolute atomic E-state index is 0.0835. The lowest BCUT2D eigenvalue weighted by Gasteiger charge is -2.40. The summed E-state index contributed by atoms with van der Waals surface area (Å²) in [6, 6.07) is 10.3. The van der Waals surface area contributed by atoms with Gasteiger partial charge in [-0.2, -0.15) is 4.98 Å². The third-order valence-corrected chi connectivity index (χ3v) is 7.59. The zero-order valence-corrected chi connectivity index (χ0v) is 24.1. The fourth-order valence-electron chi connectivity index (χ4n) is 5.69. The molecule has 0 radical (unpaired) electrons. The van der Waals surface area contributed by atoms with Gasteiger partial charge in [-0.15, -0.1) is 0 Å². The molecule has 8 nitrogen and oxygen atoms in total. The van der Waals surface area contributed by atoms with E-state index in [0.717, 1.165) is 17.2 Å². The van der Waals surface area contributed by atoms with Gasteiger partial charge in [-0.05, 0) is 61.6 Å². The standard InChI is InChI=1S/C32H33F2N5O3/c1-6-26(41)37-13-14-38(20(5)17-37)30-22-16-24(34)28(27-23(33)11-8-12-25(27)40)35-31(22)39(32(42)36-30)29-19(4)9-7-10-21(29)15-18(2)3/h6-12,16,18,20,40H,1,13-15,17H2,2-5H3/t20-/m0/s1. The van der Waals surface area contributed by atoms with Crippen LogP contribution in [0.5, 0.6) is 5.75 Å². The molecule has 1 amide bonds. The van der Waals surface area contributed by atoms with Gasteiger partial charge in [0.05, 0.1) is 16.6 Å². The second kappa shape index (κ2) is 11.3. The first-order chi connectivity index (χ1) is 20.0. The molecule has 2 aromatic carbocycles. The largest absolute Gasteiger partial charge is 0.507 e. The molecule has 5 rings (SSSR count). The SMILES string of the molecule is C=CC(=O)N1CCN(c2nc(=O)n(-c3c(C)cccc3CC(C)C)c3nc(-c4c(O)cccc4F)c(F)cc23)[C@@H](C)C1. The quantitative estimate of drug-likeness (QED) is 0.321. The van der Waals surface area contributed by atoms with Gasteiger partial charge in [0.25, 0.3) is 0 Å². The van der Waals surface area contributed by atoms with E-state index in [0.29, 0.717) is 31.7 Å². The molecule has 1 atom stereocenters. The van der Waals surface area contributed by atoms with E-state index in [1.165, 1.54) is 28.8 Å². The number of amides is 1. The smallest absolute Gasteiger partial charge is 0.355 e. The van der Waals surface area contributed by atoms with E-state index in [-0.39, 0.29) is 34.7 Å². The molecule has 3 heterocycles. The second-order valence-corrected chi connectivity index (χ2v) is 11.1. The molecule has 1 fully saturated rings. The molecule has 1 aliphatic rings. The number of aryl methyl sites for hydroxylation is 1. The number of fused-ring (bicyclic) bond motifs is 1. The van der Waals surface area contributed by atoms with Gasteiger partial charge in [-0.25, -0.2) is 23.1 Å². The van der Waals surface area contributed by atoms with Crippen molar-refractivity contribution in [2.24, 2.45) is 5.92 Å². The van der Waals surface area contributed by atoms with Crippen LogP contribution in [0.25, 0.3) is 28.0 Å². The van der Waals surface area contributed by atoms with Crippen molar-refractivity contribution in [1.82, 2.24) is 19.4 Å². The lowest BCUT2D eigenvalue weighted by Crippen LogP contribution is -2.54. The summed E-state index contributed by atoms with van der Waals surface area (Å²) >= 11 is 0. The number of aromatic nitrogens is 3. The molecular weight excluding hydrogens is 540 g/mol. The molecule has 0 unspecified atom stereocenters. The molecule has 1 saturated heterocycles. The number of benzene rings is 2. The van der Waals surface area contributed by atoms with Gasteiger partial charge < -0.3 is 14.9 Å². The summed E-state index contributed by atoms with van der Waals surface area (Å²) < 4.78 is 32.2. The normalized spacial score (nSPS) is 15.5. The highest BCUT2D eigenvalue weighted by atomic mass is 19.1. The van der Waals surface area contributed by atoms with Crippen LogP contribution in [-0.4, -0.2) is 56.1 Å². The molecule has 0 bridgehead atoms. The predicted octanol–water partition coefficient (Wildman–Crippen LogP) is 5.16. The third-order valence-electron chi connectivity index (χ3n) is 7.59. The molecule has 0 saturated carbocycles. The van der Waals surface area contributed by atoms with Crippen molar-refractivity contribution in [1.29, 1.82) is 0 Å². The van der Waals surface area contributed by atoms with Crippen molar-refractivity contribution in [3.05, 3.63) is 88.4 Å². The molecular formula is C32H33F2N5O3. The molecule has 42 heavy (non-hydrogen) atoms. The molecule has 0 aliphatic carbocycles. The Morgan fingerprint density at radius 2 is 1.88 bits per heavy atom. The number of anilines is 1. The van der Waals surface area contributed by atoms with Crippen LogP contribution in [0, 0.1) is 24.5 Å².